The van der Waals surface area contributed by atoms with Gasteiger partial charge in [-0.1, -0.05) is 0 Å². The van der Waals surface area contributed by atoms with Gasteiger partial charge in [0.1, 0.15) is 0 Å². The van der Waals surface area contributed by atoms with Gasteiger partial charge in [-0.25, -0.2) is 0 Å². The Morgan fingerprint density at radius 3 is 1.50 bits per heavy atom. The van der Waals surface area contributed by atoms with Crippen LogP contribution in [-0.4, -0.2) is 41.8 Å². The van der Waals surface area contributed by atoms with Crippen molar-refractivity contribution in [2.75, 3.05) is 0 Å². The predicted octanol–water partition coefficient (Wildman–Crippen LogP) is -0.955. The van der Waals surface area contributed by atoms with Crippen LogP contribution in [0, 0.1) is 0 Å². The Hall–Kier alpha value is 1.92. The van der Waals surface area contributed by atoms with E-state index in [-0.39, 0.29) is 57.7 Å². The van der Waals surface area contributed by atoms with Crippen LogP contribution in [0.15, 0.2) is 0 Å². The molecule has 6 heavy (non-hydrogen) atoms. The van der Waals surface area contributed by atoms with Crippen molar-refractivity contribution in [1.29, 1.82) is 0 Å². The maximum atomic E-state index is 8.67. The van der Waals surface area contributed by atoms with Crippen LogP contribution < -0.4 is 0 Å². The zero-order valence-corrected chi connectivity index (χ0v) is 7.27. The van der Waals surface area contributed by atoms with Crippen LogP contribution in [-0.2, 0) is 39.8 Å². The molecule has 0 unspecified atom stereocenters. The van der Waals surface area contributed by atoms with E-state index in [0.29, 0.717) is 0 Å². The van der Waals surface area contributed by atoms with Crippen molar-refractivity contribution in [3.05, 3.63) is 0 Å². The summed E-state index contributed by atoms with van der Waals surface area (Å²) in [5.41, 5.74) is 0. The van der Waals surface area contributed by atoms with E-state index in [1.165, 1.54) is 0 Å². The van der Waals surface area contributed by atoms with E-state index in [4.69, 9.17) is 11.4 Å². The monoisotopic (exact) mass is 205 g/mol. The number of rotatable bonds is 0. The summed E-state index contributed by atoms with van der Waals surface area (Å²) in [6.45, 7) is 0. The Kier molecular flexibility index (Phi) is 26.2. The Balaban J connectivity index is -0.00000000750. The van der Waals surface area contributed by atoms with Gasteiger partial charge in [-0.05, 0) is 0 Å². The first-order valence-corrected chi connectivity index (χ1v) is 2.33. The molecule has 0 aliphatic heterocycles. The van der Waals surface area contributed by atoms with E-state index < -0.39 is 15.4 Å². The zero-order chi connectivity index (χ0) is 3.58. The topological polar surface area (TPSA) is 54.4 Å². The normalized spacial score (nSPS) is 4.17. The van der Waals surface area contributed by atoms with Gasteiger partial charge in [-0.2, -0.15) is 0 Å². The van der Waals surface area contributed by atoms with Crippen LogP contribution in [0.1, 0.15) is 2.85 Å². The molecular formula is H3CaCuO3V. The first kappa shape index (κ1) is 15.7. The second-order valence-electron chi connectivity index (χ2n) is 0.238. The fourth-order valence-electron chi connectivity index (χ4n) is 0. The molecular weight excluding hydrogens is 203 g/mol. The molecule has 0 amide bonds. The predicted molar refractivity (Wildman–Crippen MR) is 11.6 cm³/mol. The third-order valence-electron chi connectivity index (χ3n) is 0. The van der Waals surface area contributed by atoms with E-state index in [0.717, 1.165) is 0 Å². The van der Waals surface area contributed by atoms with Gasteiger partial charge in [-0.15, -0.1) is 0 Å². The second-order valence-corrected chi connectivity index (χ2v) is 0.981. The van der Waals surface area contributed by atoms with Crippen LogP contribution in [0.25, 0.3) is 0 Å². The molecule has 0 saturated heterocycles. The van der Waals surface area contributed by atoms with E-state index in [1.807, 2.05) is 0 Å². The van der Waals surface area contributed by atoms with Crippen LogP contribution in [0.3, 0.4) is 0 Å². The molecule has 0 aromatic carbocycles. The molecule has 0 saturated carbocycles. The maximum absolute atomic E-state index is 8.67. The summed E-state index contributed by atoms with van der Waals surface area (Å²) >= 11 is -3.69. The zero-order valence-electron chi connectivity index (χ0n) is 4.72. The third-order valence-corrected chi connectivity index (χ3v) is 0. The van der Waals surface area contributed by atoms with Crippen molar-refractivity contribution in [3.63, 3.8) is 0 Å². The second kappa shape index (κ2) is 10.0. The molecule has 1 N–H and O–H groups in total. The van der Waals surface area contributed by atoms with E-state index in [1.54, 1.807) is 0 Å². The van der Waals surface area contributed by atoms with Crippen molar-refractivity contribution < 1.29 is 46.7 Å². The molecule has 6 heteroatoms. The molecule has 0 aliphatic carbocycles. The number of hydrogen-bond acceptors (Lipinski definition) is 2. The molecule has 0 atom stereocenters. The summed E-state index contributed by atoms with van der Waals surface area (Å²) < 4.78 is 24.4. The van der Waals surface area contributed by atoms with Gasteiger partial charge in [-0.3, -0.25) is 0 Å². The third kappa shape index (κ3) is 38.8. The van der Waals surface area contributed by atoms with Crippen LogP contribution >= 0.6 is 0 Å². The molecule has 0 aliphatic rings. The molecule has 3 nitrogen and oxygen atoms in total. The minimum absolute atomic E-state index is 0. The van der Waals surface area contributed by atoms with Crippen molar-refractivity contribution in [2.45, 2.75) is 0 Å². The minimum atomic E-state index is -3.69. The summed E-state index contributed by atoms with van der Waals surface area (Å²) in [7, 11) is 0. The molecule has 0 fully saturated rings. The van der Waals surface area contributed by atoms with Crippen molar-refractivity contribution in [2.24, 2.45) is 0 Å². The fourth-order valence-corrected chi connectivity index (χ4v) is 0. The molecule has 0 aromatic heterocycles. The average Bonchev–Trinajstić information content (AvgIpc) is 0.811. The molecule has 39 valence electrons. The van der Waals surface area contributed by atoms with E-state index in [9.17, 15) is 0 Å². The molecule has 0 heterocycles. The summed E-state index contributed by atoms with van der Waals surface area (Å²) in [6.07, 6.45) is 0. The summed E-state index contributed by atoms with van der Waals surface area (Å²) in [6, 6.07) is 0. The summed E-state index contributed by atoms with van der Waals surface area (Å²) in [4.78, 5) is 0. The first-order chi connectivity index (χ1) is 1.73. The van der Waals surface area contributed by atoms with Gasteiger partial charge in [0.25, 0.3) is 0 Å². The molecule has 0 spiro atoms. The van der Waals surface area contributed by atoms with Crippen molar-refractivity contribution in [1.82, 2.24) is 0 Å². The van der Waals surface area contributed by atoms with Gasteiger partial charge in [0, 0.05) is 17.1 Å². The van der Waals surface area contributed by atoms with Gasteiger partial charge < -0.3 is 2.85 Å². The van der Waals surface area contributed by atoms with Gasteiger partial charge >= 0.3 is 64.5 Å². The van der Waals surface area contributed by atoms with Gasteiger partial charge in [0.15, 0.2) is 0 Å². The Morgan fingerprint density at radius 2 is 1.50 bits per heavy atom. The van der Waals surface area contributed by atoms with Crippen LogP contribution in [0.4, 0.5) is 0 Å². The van der Waals surface area contributed by atoms with Gasteiger partial charge in [0.2, 0.25) is 0 Å². The quantitative estimate of drug-likeness (QED) is 0.519. The molecule has 0 bridgehead atoms. The SMILES string of the molecule is [Ca+2].[Cu].[H-].[H-].[O]=[V](=[O])[OH]. The fraction of sp³-hybridized carbons (Fsp3) is 0. The Bertz CT molecular complexity index is 65.7. The molecule has 0 rings (SSSR count). The average molecular weight is 206 g/mol. The summed E-state index contributed by atoms with van der Waals surface area (Å²) in [5, 5.41) is 0. The van der Waals surface area contributed by atoms with Crippen LogP contribution in [0.5, 0.6) is 0 Å². The van der Waals surface area contributed by atoms with E-state index in [2.05, 4.69) is 0 Å². The van der Waals surface area contributed by atoms with Crippen LogP contribution in [0.2, 0.25) is 0 Å². The Morgan fingerprint density at radius 1 is 1.50 bits per heavy atom. The van der Waals surface area contributed by atoms with Crippen molar-refractivity contribution in [3.8, 4) is 0 Å². The summed E-state index contributed by atoms with van der Waals surface area (Å²) in [5.74, 6) is 0. The molecule has 0 aromatic rings. The molecule has 1 radical (unpaired) electrons. The number of hydrogen-bond donors (Lipinski definition) is 1. The van der Waals surface area contributed by atoms with Gasteiger partial charge in [0.05, 0.1) is 0 Å². The van der Waals surface area contributed by atoms with Crippen molar-refractivity contribution >= 4 is 37.7 Å². The first-order valence-electron chi connectivity index (χ1n) is 0.565. The Labute approximate surface area is 83.3 Å². The standard InChI is InChI=1S/Ca.Cu.H2O.2O.V.2H/h;;1H2;;;;;/q+2;;;;;+1;2*-1/p-1. The van der Waals surface area contributed by atoms with E-state index >= 15 is 0 Å².